The maximum atomic E-state index is 5.92. The van der Waals surface area contributed by atoms with E-state index in [0.717, 1.165) is 21.9 Å². The third-order valence-electron chi connectivity index (χ3n) is 2.38. The van der Waals surface area contributed by atoms with E-state index in [-0.39, 0.29) is 0 Å². The molecule has 2 aromatic rings. The van der Waals surface area contributed by atoms with E-state index in [9.17, 15) is 0 Å². The Kier molecular flexibility index (Phi) is 3.17. The van der Waals surface area contributed by atoms with Gasteiger partial charge in [0.15, 0.2) is 4.47 Å². The Morgan fingerprint density at radius 1 is 1.31 bits per heavy atom. The zero-order valence-corrected chi connectivity index (χ0v) is 10.9. The van der Waals surface area contributed by atoms with Gasteiger partial charge in [-0.2, -0.15) is 0 Å². The van der Waals surface area contributed by atoms with Crippen LogP contribution in [0.2, 0.25) is 4.47 Å². The quantitative estimate of drug-likeness (QED) is 0.804. The molecule has 2 nitrogen and oxygen atoms in total. The molecule has 2 rings (SSSR count). The van der Waals surface area contributed by atoms with Crippen LogP contribution in [-0.2, 0) is 0 Å². The van der Waals surface area contributed by atoms with E-state index >= 15 is 0 Å². The summed E-state index contributed by atoms with van der Waals surface area (Å²) in [5.74, 6) is 0.829. The molecular formula is C12H12ClNOS. The van der Waals surface area contributed by atoms with Crippen molar-refractivity contribution in [2.75, 3.05) is 7.11 Å². The number of aromatic nitrogens is 1. The van der Waals surface area contributed by atoms with E-state index in [0.29, 0.717) is 4.47 Å². The van der Waals surface area contributed by atoms with E-state index in [2.05, 4.69) is 11.1 Å². The smallest absolute Gasteiger partial charge is 0.184 e. The van der Waals surface area contributed by atoms with Crippen LogP contribution in [0.15, 0.2) is 18.2 Å². The number of nitrogens with zero attached hydrogens (tertiary/aromatic N) is 1. The molecule has 0 N–H and O–H groups in total. The zero-order chi connectivity index (χ0) is 11.7. The van der Waals surface area contributed by atoms with Gasteiger partial charge < -0.3 is 4.74 Å². The van der Waals surface area contributed by atoms with Gasteiger partial charge in [0.1, 0.15) is 5.75 Å². The molecule has 0 aliphatic rings. The SMILES string of the molecule is COc1ccc(C)cc1-c1nc(Cl)sc1C. The average molecular weight is 254 g/mol. The summed E-state index contributed by atoms with van der Waals surface area (Å²) in [5, 5.41) is 0. The maximum absolute atomic E-state index is 5.92. The summed E-state index contributed by atoms with van der Waals surface area (Å²) in [6, 6.07) is 6.04. The van der Waals surface area contributed by atoms with E-state index < -0.39 is 0 Å². The van der Waals surface area contributed by atoms with Gasteiger partial charge in [0.2, 0.25) is 0 Å². The second kappa shape index (κ2) is 4.44. The Morgan fingerprint density at radius 2 is 2.06 bits per heavy atom. The van der Waals surface area contributed by atoms with Crippen molar-refractivity contribution >= 4 is 22.9 Å². The van der Waals surface area contributed by atoms with Gasteiger partial charge in [-0.25, -0.2) is 4.98 Å². The van der Waals surface area contributed by atoms with Crippen molar-refractivity contribution in [3.8, 4) is 17.0 Å². The largest absolute Gasteiger partial charge is 0.496 e. The summed E-state index contributed by atoms with van der Waals surface area (Å²) in [5.41, 5.74) is 3.10. The minimum absolute atomic E-state index is 0.566. The lowest BCUT2D eigenvalue weighted by atomic mass is 10.1. The number of methoxy groups -OCH3 is 1. The van der Waals surface area contributed by atoms with Crippen LogP contribution in [0.3, 0.4) is 0 Å². The Labute approximate surface area is 104 Å². The first kappa shape index (κ1) is 11.4. The minimum atomic E-state index is 0.566. The first-order valence-electron chi connectivity index (χ1n) is 4.89. The number of halogens is 1. The molecule has 1 aromatic carbocycles. The molecule has 16 heavy (non-hydrogen) atoms. The van der Waals surface area contributed by atoms with Gasteiger partial charge in [0.05, 0.1) is 12.8 Å². The standard InChI is InChI=1S/C12H12ClNOS/c1-7-4-5-10(15-3)9(6-7)11-8(2)16-12(13)14-11/h4-6H,1-3H3. The third kappa shape index (κ3) is 2.06. The van der Waals surface area contributed by atoms with Crippen LogP contribution in [0.5, 0.6) is 5.75 Å². The number of ether oxygens (including phenoxy) is 1. The van der Waals surface area contributed by atoms with Crippen LogP contribution < -0.4 is 4.74 Å². The van der Waals surface area contributed by atoms with Crippen LogP contribution >= 0.6 is 22.9 Å². The first-order valence-corrected chi connectivity index (χ1v) is 6.09. The molecule has 1 aromatic heterocycles. The van der Waals surface area contributed by atoms with Gasteiger partial charge in [0, 0.05) is 10.4 Å². The Balaban J connectivity index is 2.62. The fraction of sp³-hybridized carbons (Fsp3) is 0.250. The average Bonchev–Trinajstić information content (AvgIpc) is 2.57. The predicted molar refractivity (Wildman–Crippen MR) is 68.6 cm³/mol. The summed E-state index contributed by atoms with van der Waals surface area (Å²) < 4.78 is 5.91. The molecule has 0 saturated heterocycles. The lowest BCUT2D eigenvalue weighted by molar-refractivity contribution is 0.416. The van der Waals surface area contributed by atoms with Crippen LogP contribution in [0.4, 0.5) is 0 Å². The number of benzene rings is 1. The van der Waals surface area contributed by atoms with Crippen molar-refractivity contribution in [1.29, 1.82) is 0 Å². The highest BCUT2D eigenvalue weighted by molar-refractivity contribution is 7.16. The lowest BCUT2D eigenvalue weighted by Gasteiger charge is -2.07. The van der Waals surface area contributed by atoms with Crippen LogP contribution in [0.1, 0.15) is 10.4 Å². The van der Waals surface area contributed by atoms with Crippen molar-refractivity contribution in [2.45, 2.75) is 13.8 Å². The number of hydrogen-bond donors (Lipinski definition) is 0. The highest BCUT2D eigenvalue weighted by Gasteiger charge is 2.13. The van der Waals surface area contributed by atoms with E-state index in [1.54, 1.807) is 7.11 Å². The topological polar surface area (TPSA) is 22.1 Å². The van der Waals surface area contributed by atoms with Gasteiger partial charge in [-0.1, -0.05) is 23.2 Å². The first-order chi connectivity index (χ1) is 7.61. The lowest BCUT2D eigenvalue weighted by Crippen LogP contribution is -1.90. The van der Waals surface area contributed by atoms with Crippen molar-refractivity contribution < 1.29 is 4.74 Å². The molecule has 0 spiro atoms. The van der Waals surface area contributed by atoms with Gasteiger partial charge >= 0.3 is 0 Å². The zero-order valence-electron chi connectivity index (χ0n) is 9.37. The molecule has 0 amide bonds. The molecule has 1 heterocycles. The van der Waals surface area contributed by atoms with Gasteiger partial charge in [-0.3, -0.25) is 0 Å². The molecule has 4 heteroatoms. The monoisotopic (exact) mass is 253 g/mol. The molecular weight excluding hydrogens is 242 g/mol. The molecule has 0 aliphatic carbocycles. The summed E-state index contributed by atoms with van der Waals surface area (Å²) in [4.78, 5) is 5.44. The van der Waals surface area contributed by atoms with E-state index in [1.165, 1.54) is 16.9 Å². The normalized spacial score (nSPS) is 10.5. The van der Waals surface area contributed by atoms with Gasteiger partial charge in [-0.05, 0) is 26.0 Å². The third-order valence-corrected chi connectivity index (χ3v) is 3.46. The van der Waals surface area contributed by atoms with Crippen molar-refractivity contribution in [3.63, 3.8) is 0 Å². The number of thiazole rings is 1. The van der Waals surface area contributed by atoms with Crippen LogP contribution in [0.25, 0.3) is 11.3 Å². The molecule has 84 valence electrons. The molecule has 0 radical (unpaired) electrons. The Hall–Kier alpha value is -1.06. The molecule has 0 saturated carbocycles. The number of rotatable bonds is 2. The predicted octanol–water partition coefficient (Wildman–Crippen LogP) is 4.09. The second-order valence-corrected chi connectivity index (χ2v) is 5.36. The van der Waals surface area contributed by atoms with Crippen molar-refractivity contribution in [2.24, 2.45) is 0 Å². The second-order valence-electron chi connectivity index (χ2n) is 3.58. The number of hydrogen-bond acceptors (Lipinski definition) is 3. The van der Waals surface area contributed by atoms with Gasteiger partial charge in [-0.15, -0.1) is 11.3 Å². The highest BCUT2D eigenvalue weighted by Crippen LogP contribution is 2.35. The maximum Gasteiger partial charge on any atom is 0.184 e. The molecule has 0 aliphatic heterocycles. The van der Waals surface area contributed by atoms with Crippen LogP contribution in [0, 0.1) is 13.8 Å². The van der Waals surface area contributed by atoms with E-state index in [4.69, 9.17) is 16.3 Å². The van der Waals surface area contributed by atoms with Crippen molar-refractivity contribution in [1.82, 2.24) is 4.98 Å². The van der Waals surface area contributed by atoms with E-state index in [1.807, 2.05) is 26.0 Å². The number of aryl methyl sites for hydroxylation is 2. The summed E-state index contributed by atoms with van der Waals surface area (Å²) in [7, 11) is 1.66. The molecule has 0 atom stereocenters. The fourth-order valence-corrected chi connectivity index (χ4v) is 2.69. The minimum Gasteiger partial charge on any atom is -0.496 e. The fourth-order valence-electron chi connectivity index (χ4n) is 1.62. The van der Waals surface area contributed by atoms with Crippen LogP contribution in [-0.4, -0.2) is 12.1 Å². The van der Waals surface area contributed by atoms with Gasteiger partial charge in [0.25, 0.3) is 0 Å². The summed E-state index contributed by atoms with van der Waals surface area (Å²) in [6.45, 7) is 4.06. The summed E-state index contributed by atoms with van der Waals surface area (Å²) in [6.07, 6.45) is 0. The highest BCUT2D eigenvalue weighted by atomic mass is 35.5. The molecule has 0 unspecified atom stereocenters. The molecule has 0 bridgehead atoms. The summed E-state index contributed by atoms with van der Waals surface area (Å²) >= 11 is 7.41. The Morgan fingerprint density at radius 3 is 2.62 bits per heavy atom. The Bertz CT molecular complexity index is 522. The van der Waals surface area contributed by atoms with Crippen molar-refractivity contribution in [3.05, 3.63) is 33.1 Å². The molecule has 0 fully saturated rings.